The molecule has 2 rings (SSSR count). The number of nitrogens with zero attached hydrogens (tertiary/aromatic N) is 1. The van der Waals surface area contributed by atoms with Gasteiger partial charge in [0, 0.05) is 24.8 Å². The van der Waals surface area contributed by atoms with Crippen molar-refractivity contribution in [2.24, 2.45) is 0 Å². The quantitative estimate of drug-likeness (QED) is 0.404. The highest BCUT2D eigenvalue weighted by Gasteiger charge is 2.13. The number of rotatable bonds is 7. The summed E-state index contributed by atoms with van der Waals surface area (Å²) >= 11 is 0. The van der Waals surface area contributed by atoms with Gasteiger partial charge in [0.2, 0.25) is 0 Å². The number of benzene rings is 1. The topological polar surface area (TPSA) is 117 Å². The first kappa shape index (κ1) is 18.2. The molecular formula is C17H20N4O4. The number of amides is 1. The fourth-order valence-corrected chi connectivity index (χ4v) is 2.30. The predicted molar refractivity (Wildman–Crippen MR) is 95.1 cm³/mol. The highest BCUT2D eigenvalue weighted by molar-refractivity contribution is 5.93. The van der Waals surface area contributed by atoms with E-state index in [0.29, 0.717) is 30.9 Å². The molecule has 0 spiro atoms. The first-order valence-corrected chi connectivity index (χ1v) is 7.85. The Morgan fingerprint density at radius 3 is 2.64 bits per heavy atom. The number of hydrogen-bond donors (Lipinski definition) is 3. The van der Waals surface area contributed by atoms with Crippen LogP contribution in [0.15, 0.2) is 35.1 Å². The predicted octanol–water partition coefficient (Wildman–Crippen LogP) is 2.13. The van der Waals surface area contributed by atoms with Crippen LogP contribution >= 0.6 is 0 Å². The lowest BCUT2D eigenvalue weighted by Crippen LogP contribution is -2.31. The highest BCUT2D eigenvalue weighted by Crippen LogP contribution is 2.24. The summed E-state index contributed by atoms with van der Waals surface area (Å²) in [6.45, 7) is 4.32. The second kappa shape index (κ2) is 8.09. The summed E-state index contributed by atoms with van der Waals surface area (Å²) in [5.41, 5.74) is 1.60. The molecule has 132 valence electrons. The zero-order chi connectivity index (χ0) is 18.4. The Labute approximate surface area is 144 Å². The van der Waals surface area contributed by atoms with E-state index in [0.717, 1.165) is 5.56 Å². The van der Waals surface area contributed by atoms with Crippen molar-refractivity contribution in [2.45, 2.75) is 20.3 Å². The number of aryl methyl sites for hydroxylation is 2. The average molecular weight is 344 g/mol. The minimum Gasteiger partial charge on any atom is -0.379 e. The van der Waals surface area contributed by atoms with Crippen LogP contribution in [0.2, 0.25) is 0 Å². The minimum atomic E-state index is -0.442. The van der Waals surface area contributed by atoms with E-state index in [-0.39, 0.29) is 11.3 Å². The first-order chi connectivity index (χ1) is 11.9. The van der Waals surface area contributed by atoms with Crippen LogP contribution in [0, 0.1) is 24.0 Å². The second-order valence-electron chi connectivity index (χ2n) is 5.70. The normalized spacial score (nSPS) is 10.3. The van der Waals surface area contributed by atoms with E-state index in [2.05, 4.69) is 15.6 Å². The molecule has 8 nitrogen and oxygen atoms in total. The van der Waals surface area contributed by atoms with Crippen molar-refractivity contribution in [3.63, 3.8) is 0 Å². The third-order valence-electron chi connectivity index (χ3n) is 3.60. The number of nitrogens with one attached hydrogen (secondary N) is 3. The molecule has 0 saturated carbocycles. The van der Waals surface area contributed by atoms with Gasteiger partial charge in [0.15, 0.2) is 0 Å². The van der Waals surface area contributed by atoms with Gasteiger partial charge in [-0.1, -0.05) is 6.07 Å². The van der Waals surface area contributed by atoms with Gasteiger partial charge >= 0.3 is 0 Å². The molecule has 1 aromatic carbocycles. The van der Waals surface area contributed by atoms with Crippen LogP contribution in [-0.4, -0.2) is 28.9 Å². The Morgan fingerprint density at radius 1 is 1.20 bits per heavy atom. The summed E-state index contributed by atoms with van der Waals surface area (Å²) in [6.07, 6.45) is 0.556. The summed E-state index contributed by atoms with van der Waals surface area (Å²) in [7, 11) is 0. The summed E-state index contributed by atoms with van der Waals surface area (Å²) in [5.74, 6) is -0.442. The van der Waals surface area contributed by atoms with Crippen LogP contribution in [-0.2, 0) is 0 Å². The van der Waals surface area contributed by atoms with Crippen molar-refractivity contribution < 1.29 is 9.72 Å². The van der Waals surface area contributed by atoms with Gasteiger partial charge in [-0.15, -0.1) is 0 Å². The van der Waals surface area contributed by atoms with Gasteiger partial charge in [-0.3, -0.25) is 19.7 Å². The third kappa shape index (κ3) is 4.90. The molecule has 0 radical (unpaired) electrons. The molecule has 1 heterocycles. The number of hydrogen-bond acceptors (Lipinski definition) is 5. The van der Waals surface area contributed by atoms with Crippen LogP contribution in [0.25, 0.3) is 0 Å². The summed E-state index contributed by atoms with van der Waals surface area (Å²) < 4.78 is 0. The molecule has 0 aliphatic heterocycles. The number of anilines is 1. The Balaban J connectivity index is 1.83. The lowest BCUT2D eigenvalue weighted by atomic mass is 10.2. The Morgan fingerprint density at radius 2 is 1.96 bits per heavy atom. The third-order valence-corrected chi connectivity index (χ3v) is 3.60. The van der Waals surface area contributed by atoms with Gasteiger partial charge in [0.1, 0.15) is 11.3 Å². The standard InChI is InChI=1S/C17H20N4O4/c1-11-4-7-14(15(10-11)21(24)25)18-8-3-9-19-16(22)13-6-5-12(2)20-17(13)23/h4-7,10,18H,3,8-9H2,1-2H3,(H,19,22)(H,20,23). The lowest BCUT2D eigenvalue weighted by molar-refractivity contribution is -0.384. The van der Waals surface area contributed by atoms with Gasteiger partial charge < -0.3 is 15.6 Å². The molecule has 0 bridgehead atoms. The number of H-pyrrole nitrogens is 1. The van der Waals surface area contributed by atoms with Crippen molar-refractivity contribution in [1.29, 1.82) is 0 Å². The van der Waals surface area contributed by atoms with Gasteiger partial charge in [-0.05, 0) is 44.0 Å². The number of carbonyl (C=O) groups is 1. The number of aromatic nitrogens is 1. The van der Waals surface area contributed by atoms with E-state index in [1.165, 1.54) is 12.1 Å². The highest BCUT2D eigenvalue weighted by atomic mass is 16.6. The fraction of sp³-hybridized carbons (Fsp3) is 0.294. The van der Waals surface area contributed by atoms with Gasteiger partial charge in [-0.2, -0.15) is 0 Å². The molecule has 1 aromatic heterocycles. The van der Waals surface area contributed by atoms with E-state index >= 15 is 0 Å². The zero-order valence-corrected chi connectivity index (χ0v) is 14.1. The summed E-state index contributed by atoms with van der Waals surface area (Å²) in [6, 6.07) is 8.11. The van der Waals surface area contributed by atoms with Crippen molar-refractivity contribution >= 4 is 17.3 Å². The molecule has 3 N–H and O–H groups in total. The zero-order valence-electron chi connectivity index (χ0n) is 14.1. The smallest absolute Gasteiger partial charge is 0.292 e. The molecule has 0 aliphatic rings. The van der Waals surface area contributed by atoms with E-state index in [9.17, 15) is 19.7 Å². The van der Waals surface area contributed by atoms with E-state index in [4.69, 9.17) is 0 Å². The Kier molecular flexibility index (Phi) is 5.89. The fourth-order valence-electron chi connectivity index (χ4n) is 2.30. The van der Waals surface area contributed by atoms with Crippen LogP contribution in [0.3, 0.4) is 0 Å². The Bertz CT molecular complexity index is 845. The van der Waals surface area contributed by atoms with E-state index < -0.39 is 16.4 Å². The van der Waals surface area contributed by atoms with Gasteiger partial charge in [0.25, 0.3) is 17.2 Å². The van der Waals surface area contributed by atoms with E-state index in [1.54, 1.807) is 32.0 Å². The lowest BCUT2D eigenvalue weighted by Gasteiger charge is -2.08. The number of carbonyl (C=O) groups excluding carboxylic acids is 1. The van der Waals surface area contributed by atoms with Crippen LogP contribution < -0.4 is 16.2 Å². The Hall–Kier alpha value is -3.16. The molecule has 0 atom stereocenters. The molecule has 8 heteroatoms. The minimum absolute atomic E-state index is 0.0234. The molecule has 0 fully saturated rings. The number of pyridine rings is 1. The van der Waals surface area contributed by atoms with Crippen molar-refractivity contribution in [1.82, 2.24) is 10.3 Å². The molecule has 0 aliphatic carbocycles. The second-order valence-corrected chi connectivity index (χ2v) is 5.70. The molecule has 0 saturated heterocycles. The monoisotopic (exact) mass is 344 g/mol. The number of nitro benzene ring substituents is 1. The molecular weight excluding hydrogens is 324 g/mol. The van der Waals surface area contributed by atoms with Crippen LogP contribution in [0.4, 0.5) is 11.4 Å². The maximum atomic E-state index is 12.0. The van der Waals surface area contributed by atoms with E-state index in [1.807, 2.05) is 0 Å². The molecule has 25 heavy (non-hydrogen) atoms. The number of aromatic amines is 1. The molecule has 0 unspecified atom stereocenters. The average Bonchev–Trinajstić information content (AvgIpc) is 2.55. The van der Waals surface area contributed by atoms with Crippen molar-refractivity contribution in [3.8, 4) is 0 Å². The molecule has 1 amide bonds. The first-order valence-electron chi connectivity index (χ1n) is 7.85. The summed E-state index contributed by atoms with van der Waals surface area (Å²) in [4.78, 5) is 36.8. The summed E-state index contributed by atoms with van der Waals surface area (Å²) in [5, 5.41) is 16.7. The van der Waals surface area contributed by atoms with Crippen LogP contribution in [0.1, 0.15) is 28.0 Å². The van der Waals surface area contributed by atoms with Crippen molar-refractivity contribution in [2.75, 3.05) is 18.4 Å². The molecule has 2 aromatic rings. The maximum Gasteiger partial charge on any atom is 0.292 e. The van der Waals surface area contributed by atoms with Crippen LogP contribution in [0.5, 0.6) is 0 Å². The largest absolute Gasteiger partial charge is 0.379 e. The van der Waals surface area contributed by atoms with Gasteiger partial charge in [-0.25, -0.2) is 0 Å². The number of nitro groups is 1. The SMILES string of the molecule is Cc1ccc(NCCCNC(=O)c2ccc(C)[nH]c2=O)c([N+](=O)[O-])c1. The van der Waals surface area contributed by atoms with Crippen molar-refractivity contribution in [3.05, 3.63) is 67.6 Å². The van der Waals surface area contributed by atoms with Gasteiger partial charge in [0.05, 0.1) is 4.92 Å². The maximum absolute atomic E-state index is 12.0.